The summed E-state index contributed by atoms with van der Waals surface area (Å²) in [6.45, 7) is 0.777. The van der Waals surface area contributed by atoms with Crippen LogP contribution in [0.5, 0.6) is 0 Å². The van der Waals surface area contributed by atoms with Crippen molar-refractivity contribution in [3.8, 4) is 0 Å². The van der Waals surface area contributed by atoms with E-state index in [1.54, 1.807) is 29.3 Å². The molecule has 2 aromatic rings. The summed E-state index contributed by atoms with van der Waals surface area (Å²) < 4.78 is 4.71. The highest BCUT2D eigenvalue weighted by Gasteiger charge is 2.35. The van der Waals surface area contributed by atoms with E-state index in [9.17, 15) is 19.2 Å². The maximum atomic E-state index is 13.1. The van der Waals surface area contributed by atoms with Gasteiger partial charge in [0.05, 0.1) is 18.4 Å². The van der Waals surface area contributed by atoms with Gasteiger partial charge in [0, 0.05) is 35.4 Å². The lowest BCUT2D eigenvalue weighted by Crippen LogP contribution is -2.54. The molecule has 0 aliphatic carbocycles. The predicted octanol–water partition coefficient (Wildman–Crippen LogP) is 2.04. The third kappa shape index (κ3) is 7.03. The minimum Gasteiger partial charge on any atom is -0.478 e. The average Bonchev–Trinajstić information content (AvgIpc) is 3.43. The maximum absolute atomic E-state index is 13.1. The first-order chi connectivity index (χ1) is 18.7. The number of rotatable bonds is 9. The molecule has 2 heterocycles. The molecule has 4 rings (SSSR count). The molecule has 1 atom stereocenters. The molecule has 0 bridgehead atoms. The third-order valence-corrected chi connectivity index (χ3v) is 6.30. The van der Waals surface area contributed by atoms with Gasteiger partial charge in [-0.25, -0.2) is 20.1 Å². The van der Waals surface area contributed by atoms with E-state index >= 15 is 0 Å². The van der Waals surface area contributed by atoms with E-state index in [0.29, 0.717) is 35.1 Å². The Morgan fingerprint density at radius 1 is 1.21 bits per heavy atom. The number of methoxy groups -OCH3 is 1. The Hall–Kier alpha value is -4.62. The Balaban J connectivity index is 1.46. The lowest BCUT2D eigenvalue weighted by molar-refractivity contribution is -0.124. The highest BCUT2D eigenvalue weighted by molar-refractivity contribution is 6.30. The minimum absolute atomic E-state index is 0.0360. The molecule has 13 nitrogen and oxygen atoms in total. The van der Waals surface area contributed by atoms with Gasteiger partial charge in [0.15, 0.2) is 0 Å². The number of hydrogen-bond acceptors (Lipinski definition) is 9. The molecule has 14 heteroatoms. The van der Waals surface area contributed by atoms with Crippen LogP contribution in [0, 0.1) is 5.92 Å². The van der Waals surface area contributed by atoms with Crippen molar-refractivity contribution in [3.63, 3.8) is 0 Å². The van der Waals surface area contributed by atoms with Crippen molar-refractivity contribution in [2.75, 3.05) is 30.5 Å². The molecule has 0 saturated carbocycles. The fourth-order valence-corrected chi connectivity index (χ4v) is 4.25. The number of likely N-dealkylation sites (tertiary alicyclic amines) is 1. The number of carbonyl (C=O) groups is 4. The molecule has 5 N–H and O–H groups in total. The number of anilines is 2. The van der Waals surface area contributed by atoms with Crippen LogP contribution in [-0.2, 0) is 14.3 Å². The van der Waals surface area contributed by atoms with Crippen LogP contribution < -0.4 is 26.7 Å². The Bertz CT molecular complexity index is 1310. The van der Waals surface area contributed by atoms with E-state index in [4.69, 9.17) is 21.4 Å². The van der Waals surface area contributed by atoms with Crippen LogP contribution in [0.15, 0.2) is 53.6 Å². The number of aromatic carboxylic acids is 1. The zero-order chi connectivity index (χ0) is 27.9. The number of carboxylic acid groups (broad SMARTS) is 1. The summed E-state index contributed by atoms with van der Waals surface area (Å²) in [7, 11) is 1.29. The molecule has 2 aliphatic heterocycles. The molecule has 204 valence electrons. The first kappa shape index (κ1) is 27.4. The highest BCUT2D eigenvalue weighted by atomic mass is 35.5. The van der Waals surface area contributed by atoms with Gasteiger partial charge in [0.25, 0.3) is 0 Å². The monoisotopic (exact) mass is 555 g/mol. The fourth-order valence-electron chi connectivity index (χ4n) is 4.07. The van der Waals surface area contributed by atoms with Gasteiger partial charge < -0.3 is 25.4 Å². The van der Waals surface area contributed by atoms with E-state index in [1.165, 1.54) is 48.7 Å². The Morgan fingerprint density at radius 2 is 1.95 bits per heavy atom. The van der Waals surface area contributed by atoms with Crippen molar-refractivity contribution < 1.29 is 29.0 Å². The number of amides is 3. The van der Waals surface area contributed by atoms with Crippen LogP contribution in [-0.4, -0.2) is 66.5 Å². The SMILES string of the molecule is COC(=O)N1CC(C[C@H](NC(=O)/C=C/c2cc(Cl)ccc2N2C=NNN2)C(=O)Nc2ccc(C(=O)O)cc2)C1. The number of carbonyl (C=O) groups excluding carboxylic acids is 3. The topological polar surface area (TPSA) is 165 Å². The van der Waals surface area contributed by atoms with Crippen LogP contribution >= 0.6 is 11.6 Å². The summed E-state index contributed by atoms with van der Waals surface area (Å²) in [5.74, 6) is -2.13. The number of halogens is 1. The van der Waals surface area contributed by atoms with Crippen molar-refractivity contribution in [2.45, 2.75) is 12.5 Å². The van der Waals surface area contributed by atoms with Gasteiger partial charge in [-0.15, -0.1) is 5.53 Å². The van der Waals surface area contributed by atoms with Crippen LogP contribution in [0.2, 0.25) is 5.02 Å². The molecule has 0 radical (unpaired) electrons. The van der Waals surface area contributed by atoms with Gasteiger partial charge in [-0.05, 0) is 60.9 Å². The maximum Gasteiger partial charge on any atom is 0.409 e. The standard InChI is InChI=1S/C25H26ClN7O6/c1-39-25(38)32-12-15(13-32)10-20(23(35)28-19-6-2-16(3-7-19)24(36)37)29-22(34)9-4-17-11-18(26)5-8-21(17)33-14-27-30-31-33/h2-9,11,14-15,20,30-31H,10,12-13H2,1H3,(H,28,35)(H,29,34)(H,36,37)/b9-4+/t20-/m0/s1. The molecule has 1 saturated heterocycles. The second-order valence-corrected chi connectivity index (χ2v) is 9.22. The van der Waals surface area contributed by atoms with Crippen molar-refractivity contribution in [2.24, 2.45) is 11.0 Å². The molecule has 3 amide bonds. The summed E-state index contributed by atoms with van der Waals surface area (Å²) in [6, 6.07) is 9.86. The molecule has 2 aromatic carbocycles. The first-order valence-electron chi connectivity index (χ1n) is 11.8. The van der Waals surface area contributed by atoms with Gasteiger partial charge in [0.1, 0.15) is 12.4 Å². The second-order valence-electron chi connectivity index (χ2n) is 8.78. The molecule has 0 aromatic heterocycles. The van der Waals surface area contributed by atoms with Gasteiger partial charge in [-0.3, -0.25) is 9.59 Å². The normalized spacial score (nSPS) is 15.4. The quantitative estimate of drug-likeness (QED) is 0.291. The molecule has 39 heavy (non-hydrogen) atoms. The van der Waals surface area contributed by atoms with Crippen molar-refractivity contribution in [1.29, 1.82) is 0 Å². The number of hydrogen-bond donors (Lipinski definition) is 5. The van der Waals surface area contributed by atoms with Crippen LogP contribution in [0.25, 0.3) is 6.08 Å². The molecular weight excluding hydrogens is 530 g/mol. The molecule has 0 spiro atoms. The zero-order valence-corrected chi connectivity index (χ0v) is 21.5. The van der Waals surface area contributed by atoms with Gasteiger partial charge in [-0.2, -0.15) is 5.10 Å². The average molecular weight is 556 g/mol. The molecule has 1 fully saturated rings. The van der Waals surface area contributed by atoms with Gasteiger partial charge >= 0.3 is 12.1 Å². The largest absolute Gasteiger partial charge is 0.478 e. The van der Waals surface area contributed by atoms with Crippen molar-refractivity contribution >= 4 is 59.3 Å². The summed E-state index contributed by atoms with van der Waals surface area (Å²) in [5, 5.41) is 20.5. The van der Waals surface area contributed by atoms with Crippen LogP contribution in [0.3, 0.4) is 0 Å². The van der Waals surface area contributed by atoms with E-state index < -0.39 is 29.9 Å². The summed E-state index contributed by atoms with van der Waals surface area (Å²) in [4.78, 5) is 50.3. The van der Waals surface area contributed by atoms with E-state index in [-0.39, 0.29) is 17.9 Å². The number of nitrogens with one attached hydrogen (secondary N) is 4. The highest BCUT2D eigenvalue weighted by Crippen LogP contribution is 2.25. The van der Waals surface area contributed by atoms with Crippen LogP contribution in [0.4, 0.5) is 16.2 Å². The molecule has 0 unspecified atom stereocenters. The van der Waals surface area contributed by atoms with Gasteiger partial charge in [0.2, 0.25) is 11.8 Å². The lowest BCUT2D eigenvalue weighted by atomic mass is 9.92. The third-order valence-electron chi connectivity index (χ3n) is 6.06. The van der Waals surface area contributed by atoms with E-state index in [2.05, 4.69) is 26.8 Å². The number of nitrogens with zero attached hydrogens (tertiary/aromatic N) is 3. The predicted molar refractivity (Wildman–Crippen MR) is 144 cm³/mol. The number of ether oxygens (including phenoxy) is 1. The Labute approximate surface area is 228 Å². The number of benzene rings is 2. The number of carboxylic acids is 1. The Kier molecular flexibility index (Phi) is 8.63. The summed E-state index contributed by atoms with van der Waals surface area (Å²) >= 11 is 6.15. The summed E-state index contributed by atoms with van der Waals surface area (Å²) in [6.07, 6.45) is 4.18. The lowest BCUT2D eigenvalue weighted by Gasteiger charge is -2.39. The fraction of sp³-hybridized carbons (Fsp3) is 0.240. The van der Waals surface area contributed by atoms with Gasteiger partial charge in [-0.1, -0.05) is 11.6 Å². The van der Waals surface area contributed by atoms with E-state index in [1.807, 2.05) is 0 Å². The minimum atomic E-state index is -1.09. The second kappa shape index (κ2) is 12.3. The zero-order valence-electron chi connectivity index (χ0n) is 20.8. The summed E-state index contributed by atoms with van der Waals surface area (Å²) in [5.41, 5.74) is 7.15. The number of hydrazone groups is 1. The number of hydrazine groups is 2. The van der Waals surface area contributed by atoms with E-state index in [0.717, 1.165) is 0 Å². The Morgan fingerprint density at radius 3 is 2.59 bits per heavy atom. The van der Waals surface area contributed by atoms with Crippen LogP contribution in [0.1, 0.15) is 22.3 Å². The smallest absolute Gasteiger partial charge is 0.409 e. The molecular formula is C25H26ClN7O6. The van der Waals surface area contributed by atoms with Crippen molar-refractivity contribution in [1.82, 2.24) is 21.3 Å². The first-order valence-corrected chi connectivity index (χ1v) is 12.2. The van der Waals surface area contributed by atoms with Crippen molar-refractivity contribution in [3.05, 3.63) is 64.7 Å². The molecule has 2 aliphatic rings.